The lowest BCUT2D eigenvalue weighted by Crippen LogP contribution is -2.34. The molecule has 1 aliphatic heterocycles. The number of carboxylic acid groups (broad SMARTS) is 1. The standard InChI is InChI=1S/C11H16N2O4S2/c1-12(2)8-5-6-13(7-8)19(16,17)10-4-3-9(18-10)11(14)15/h3-4,8H,5-7H2,1-2H3,(H,14,15). The van der Waals surface area contributed by atoms with E-state index < -0.39 is 16.0 Å². The zero-order chi connectivity index (χ0) is 14.2. The zero-order valence-electron chi connectivity index (χ0n) is 10.7. The molecule has 1 saturated heterocycles. The molecule has 1 fully saturated rings. The Morgan fingerprint density at radius 2 is 2.16 bits per heavy atom. The maximum atomic E-state index is 12.4. The highest BCUT2D eigenvalue weighted by Crippen LogP contribution is 2.28. The molecule has 0 amide bonds. The SMILES string of the molecule is CN(C)C1CCN(S(=O)(=O)c2ccc(C(=O)O)s2)C1. The van der Waals surface area contributed by atoms with E-state index >= 15 is 0 Å². The second-order valence-electron chi connectivity index (χ2n) is 4.69. The molecule has 1 aromatic rings. The molecule has 0 bridgehead atoms. The van der Waals surface area contributed by atoms with Crippen molar-refractivity contribution in [3.8, 4) is 0 Å². The van der Waals surface area contributed by atoms with Gasteiger partial charge in [-0.15, -0.1) is 11.3 Å². The third-order valence-electron chi connectivity index (χ3n) is 3.24. The summed E-state index contributed by atoms with van der Waals surface area (Å²) in [5.74, 6) is -1.10. The molecule has 1 unspecified atom stereocenters. The first kappa shape index (κ1) is 14.4. The van der Waals surface area contributed by atoms with Crippen molar-refractivity contribution >= 4 is 27.3 Å². The Morgan fingerprint density at radius 3 is 2.63 bits per heavy atom. The van der Waals surface area contributed by atoms with Gasteiger partial charge in [-0.3, -0.25) is 0 Å². The second-order valence-corrected chi connectivity index (χ2v) is 7.94. The van der Waals surface area contributed by atoms with E-state index in [0.29, 0.717) is 13.1 Å². The van der Waals surface area contributed by atoms with E-state index in [1.54, 1.807) is 0 Å². The van der Waals surface area contributed by atoms with Crippen LogP contribution in [-0.2, 0) is 10.0 Å². The molecule has 0 aliphatic carbocycles. The summed E-state index contributed by atoms with van der Waals surface area (Å²) < 4.78 is 26.3. The Bertz CT molecular complexity index is 579. The van der Waals surface area contributed by atoms with E-state index in [4.69, 9.17) is 5.11 Å². The maximum absolute atomic E-state index is 12.4. The summed E-state index contributed by atoms with van der Waals surface area (Å²) in [6.07, 6.45) is 0.795. The van der Waals surface area contributed by atoms with Gasteiger partial charge in [0.25, 0.3) is 10.0 Å². The van der Waals surface area contributed by atoms with Crippen LogP contribution in [0, 0.1) is 0 Å². The molecular formula is C11H16N2O4S2. The molecule has 0 saturated carbocycles. The van der Waals surface area contributed by atoms with Crippen LogP contribution in [-0.4, -0.2) is 61.9 Å². The minimum absolute atomic E-state index is 0.0435. The van der Waals surface area contributed by atoms with Gasteiger partial charge < -0.3 is 10.0 Å². The van der Waals surface area contributed by atoms with Gasteiger partial charge in [0.2, 0.25) is 0 Å². The second kappa shape index (κ2) is 5.20. The summed E-state index contributed by atoms with van der Waals surface area (Å²) >= 11 is 0.802. The zero-order valence-corrected chi connectivity index (χ0v) is 12.4. The van der Waals surface area contributed by atoms with Crippen LogP contribution in [0.15, 0.2) is 16.3 Å². The minimum atomic E-state index is -3.56. The quantitative estimate of drug-likeness (QED) is 0.889. The summed E-state index contributed by atoms with van der Waals surface area (Å²) in [5.41, 5.74) is 0. The Labute approximate surface area is 116 Å². The van der Waals surface area contributed by atoms with Gasteiger partial charge in [0, 0.05) is 19.1 Å². The number of carboxylic acids is 1. The minimum Gasteiger partial charge on any atom is -0.477 e. The first-order valence-electron chi connectivity index (χ1n) is 5.82. The molecule has 6 nitrogen and oxygen atoms in total. The Balaban J connectivity index is 2.21. The monoisotopic (exact) mass is 304 g/mol. The average Bonchev–Trinajstić information content (AvgIpc) is 2.99. The van der Waals surface area contributed by atoms with E-state index in [9.17, 15) is 13.2 Å². The van der Waals surface area contributed by atoms with Crippen LogP contribution in [0.2, 0.25) is 0 Å². The number of thiophene rings is 1. The van der Waals surface area contributed by atoms with Crippen LogP contribution in [0.3, 0.4) is 0 Å². The highest BCUT2D eigenvalue weighted by atomic mass is 32.2. The van der Waals surface area contributed by atoms with E-state index in [1.807, 2.05) is 19.0 Å². The number of nitrogens with zero attached hydrogens (tertiary/aromatic N) is 2. The fourth-order valence-electron chi connectivity index (χ4n) is 2.05. The smallest absolute Gasteiger partial charge is 0.345 e. The fraction of sp³-hybridized carbons (Fsp3) is 0.545. The molecule has 1 aromatic heterocycles. The summed E-state index contributed by atoms with van der Waals surface area (Å²) in [5, 5.41) is 8.84. The van der Waals surface area contributed by atoms with Crippen molar-refractivity contribution in [1.82, 2.24) is 9.21 Å². The number of carbonyl (C=O) groups is 1. The van der Waals surface area contributed by atoms with E-state index in [0.717, 1.165) is 17.8 Å². The van der Waals surface area contributed by atoms with Gasteiger partial charge in [0.05, 0.1) is 0 Å². The van der Waals surface area contributed by atoms with Crippen LogP contribution < -0.4 is 0 Å². The molecule has 19 heavy (non-hydrogen) atoms. The normalized spacial score (nSPS) is 21.1. The Morgan fingerprint density at radius 1 is 1.47 bits per heavy atom. The van der Waals surface area contributed by atoms with Crippen LogP contribution in [0.1, 0.15) is 16.1 Å². The van der Waals surface area contributed by atoms with Crippen LogP contribution in [0.4, 0.5) is 0 Å². The van der Waals surface area contributed by atoms with Gasteiger partial charge in [-0.2, -0.15) is 4.31 Å². The maximum Gasteiger partial charge on any atom is 0.345 e. The molecule has 2 heterocycles. The summed E-state index contributed by atoms with van der Waals surface area (Å²) in [6, 6.07) is 2.92. The Kier molecular flexibility index (Phi) is 3.95. The average molecular weight is 304 g/mol. The van der Waals surface area contributed by atoms with Gasteiger partial charge in [-0.25, -0.2) is 13.2 Å². The van der Waals surface area contributed by atoms with Crippen molar-refractivity contribution in [1.29, 1.82) is 0 Å². The van der Waals surface area contributed by atoms with Crippen LogP contribution in [0.25, 0.3) is 0 Å². The van der Waals surface area contributed by atoms with Gasteiger partial charge >= 0.3 is 5.97 Å². The first-order chi connectivity index (χ1) is 8.82. The highest BCUT2D eigenvalue weighted by molar-refractivity contribution is 7.91. The lowest BCUT2D eigenvalue weighted by Gasteiger charge is -2.19. The largest absolute Gasteiger partial charge is 0.477 e. The van der Waals surface area contributed by atoms with Crippen molar-refractivity contribution in [3.63, 3.8) is 0 Å². The topological polar surface area (TPSA) is 77.9 Å². The first-order valence-corrected chi connectivity index (χ1v) is 8.07. The van der Waals surface area contributed by atoms with Crippen molar-refractivity contribution in [2.45, 2.75) is 16.7 Å². The van der Waals surface area contributed by atoms with Crippen LogP contribution >= 0.6 is 11.3 Å². The number of aromatic carboxylic acids is 1. The van der Waals surface area contributed by atoms with E-state index in [2.05, 4.69) is 0 Å². The molecule has 0 radical (unpaired) electrons. The lowest BCUT2D eigenvalue weighted by atomic mass is 10.2. The number of hydrogen-bond donors (Lipinski definition) is 1. The third-order valence-corrected chi connectivity index (χ3v) is 6.65. The predicted octanol–water partition coefficient (Wildman–Crippen LogP) is 0.771. The molecule has 8 heteroatoms. The number of sulfonamides is 1. The molecule has 1 aliphatic rings. The Hall–Kier alpha value is -0.960. The number of rotatable bonds is 4. The molecular weight excluding hydrogens is 288 g/mol. The highest BCUT2D eigenvalue weighted by Gasteiger charge is 2.34. The van der Waals surface area contributed by atoms with E-state index in [-0.39, 0.29) is 15.1 Å². The third kappa shape index (κ3) is 2.81. The van der Waals surface area contributed by atoms with Crippen molar-refractivity contribution in [3.05, 3.63) is 17.0 Å². The summed E-state index contributed by atoms with van der Waals surface area (Å²) in [7, 11) is 0.294. The lowest BCUT2D eigenvalue weighted by molar-refractivity contribution is 0.0702. The van der Waals surface area contributed by atoms with Crippen LogP contribution in [0.5, 0.6) is 0 Å². The number of hydrogen-bond acceptors (Lipinski definition) is 5. The van der Waals surface area contributed by atoms with Gasteiger partial charge in [-0.05, 0) is 32.6 Å². The van der Waals surface area contributed by atoms with E-state index in [1.165, 1.54) is 16.4 Å². The molecule has 1 N–H and O–H groups in total. The number of likely N-dealkylation sites (N-methyl/N-ethyl adjacent to an activating group) is 1. The van der Waals surface area contributed by atoms with Crippen molar-refractivity contribution in [2.24, 2.45) is 0 Å². The van der Waals surface area contributed by atoms with Gasteiger partial charge in [0.1, 0.15) is 9.09 Å². The van der Waals surface area contributed by atoms with Gasteiger partial charge in [-0.1, -0.05) is 0 Å². The summed E-state index contributed by atoms with van der Waals surface area (Å²) in [6.45, 7) is 0.932. The fourth-order valence-corrected chi connectivity index (χ4v) is 4.84. The molecule has 0 spiro atoms. The molecule has 1 atom stereocenters. The molecule has 106 valence electrons. The summed E-state index contributed by atoms with van der Waals surface area (Å²) in [4.78, 5) is 12.8. The molecule has 2 rings (SSSR count). The predicted molar refractivity (Wildman–Crippen MR) is 72.1 cm³/mol. The van der Waals surface area contributed by atoms with Crippen molar-refractivity contribution < 1.29 is 18.3 Å². The van der Waals surface area contributed by atoms with Crippen molar-refractivity contribution in [2.75, 3.05) is 27.2 Å². The van der Waals surface area contributed by atoms with Gasteiger partial charge in [0.15, 0.2) is 0 Å². The molecule has 0 aromatic carbocycles.